The molecule has 0 aliphatic heterocycles. The van der Waals surface area contributed by atoms with E-state index >= 15 is 0 Å². The summed E-state index contributed by atoms with van der Waals surface area (Å²) in [6, 6.07) is 5.80. The standard InChI is InChI=1S/C20H30N2O2/c1-13-7-6-8-17(14(13)2)22-19(24)18(23)21-16-11-9-15(10-12-16)20(3,4)5/h6-8,15-16H,9-12H2,1-5H3,(H,21,23)(H,22,24). The van der Waals surface area contributed by atoms with Crippen molar-refractivity contribution in [1.29, 1.82) is 0 Å². The van der Waals surface area contributed by atoms with Gasteiger partial charge in [-0.25, -0.2) is 0 Å². The van der Waals surface area contributed by atoms with Crippen LogP contribution in [0, 0.1) is 25.2 Å². The first-order valence-electron chi connectivity index (χ1n) is 8.86. The highest BCUT2D eigenvalue weighted by Crippen LogP contribution is 2.37. The molecule has 0 atom stereocenters. The molecule has 0 saturated heterocycles. The zero-order chi connectivity index (χ0) is 17.9. The maximum absolute atomic E-state index is 12.2. The van der Waals surface area contributed by atoms with Crippen molar-refractivity contribution in [2.45, 2.75) is 66.3 Å². The van der Waals surface area contributed by atoms with Gasteiger partial charge in [-0.05, 0) is 68.1 Å². The molecule has 1 fully saturated rings. The van der Waals surface area contributed by atoms with Crippen LogP contribution in [0.2, 0.25) is 0 Å². The summed E-state index contributed by atoms with van der Waals surface area (Å²) in [6.45, 7) is 10.7. The Morgan fingerprint density at radius 2 is 1.62 bits per heavy atom. The maximum Gasteiger partial charge on any atom is 0.313 e. The van der Waals surface area contributed by atoms with Crippen LogP contribution in [0.3, 0.4) is 0 Å². The fourth-order valence-electron chi connectivity index (χ4n) is 3.42. The van der Waals surface area contributed by atoms with Crippen LogP contribution in [0.5, 0.6) is 0 Å². The molecule has 4 nitrogen and oxygen atoms in total. The molecular weight excluding hydrogens is 300 g/mol. The molecule has 0 radical (unpaired) electrons. The highest BCUT2D eigenvalue weighted by molar-refractivity contribution is 6.39. The Hall–Kier alpha value is -1.84. The van der Waals surface area contributed by atoms with Crippen molar-refractivity contribution in [3.8, 4) is 0 Å². The Labute approximate surface area is 145 Å². The zero-order valence-electron chi connectivity index (χ0n) is 15.5. The summed E-state index contributed by atoms with van der Waals surface area (Å²) < 4.78 is 0. The van der Waals surface area contributed by atoms with Crippen molar-refractivity contribution in [2.24, 2.45) is 11.3 Å². The van der Waals surface area contributed by atoms with Crippen LogP contribution >= 0.6 is 0 Å². The van der Waals surface area contributed by atoms with Gasteiger partial charge in [0.2, 0.25) is 0 Å². The number of amides is 2. The van der Waals surface area contributed by atoms with E-state index in [1.807, 2.05) is 32.0 Å². The van der Waals surface area contributed by atoms with Gasteiger partial charge >= 0.3 is 11.8 Å². The van der Waals surface area contributed by atoms with Crippen LogP contribution < -0.4 is 10.6 Å². The summed E-state index contributed by atoms with van der Waals surface area (Å²) in [4.78, 5) is 24.3. The number of carbonyl (C=O) groups excluding carboxylic acids is 2. The minimum absolute atomic E-state index is 0.112. The lowest BCUT2D eigenvalue weighted by molar-refractivity contribution is -0.136. The van der Waals surface area contributed by atoms with Gasteiger partial charge in [0.05, 0.1) is 0 Å². The highest BCUT2D eigenvalue weighted by Gasteiger charge is 2.31. The minimum Gasteiger partial charge on any atom is -0.345 e. The van der Waals surface area contributed by atoms with Crippen LogP contribution in [0.15, 0.2) is 18.2 Å². The Morgan fingerprint density at radius 1 is 1.00 bits per heavy atom. The summed E-state index contributed by atoms with van der Waals surface area (Å²) >= 11 is 0. The van der Waals surface area contributed by atoms with Crippen molar-refractivity contribution < 1.29 is 9.59 Å². The lowest BCUT2D eigenvalue weighted by atomic mass is 9.71. The van der Waals surface area contributed by atoms with E-state index in [1.54, 1.807) is 0 Å². The molecule has 4 heteroatoms. The molecule has 0 aromatic heterocycles. The summed E-state index contributed by atoms with van der Waals surface area (Å²) in [5, 5.41) is 5.62. The molecule has 0 heterocycles. The third-order valence-corrected chi connectivity index (χ3v) is 5.35. The van der Waals surface area contributed by atoms with Crippen LogP contribution in [0.4, 0.5) is 5.69 Å². The van der Waals surface area contributed by atoms with Gasteiger partial charge in [-0.3, -0.25) is 9.59 Å². The summed E-state index contributed by atoms with van der Waals surface area (Å²) in [6.07, 6.45) is 4.11. The number of hydrogen-bond acceptors (Lipinski definition) is 2. The lowest BCUT2D eigenvalue weighted by Gasteiger charge is -2.37. The van der Waals surface area contributed by atoms with Crippen LogP contribution in [0.1, 0.15) is 57.6 Å². The molecule has 2 N–H and O–H groups in total. The van der Waals surface area contributed by atoms with Gasteiger partial charge in [-0.15, -0.1) is 0 Å². The van der Waals surface area contributed by atoms with Gasteiger partial charge < -0.3 is 10.6 Å². The topological polar surface area (TPSA) is 58.2 Å². The Bertz CT molecular complexity index is 609. The molecule has 1 saturated carbocycles. The van der Waals surface area contributed by atoms with E-state index in [0.29, 0.717) is 17.0 Å². The highest BCUT2D eigenvalue weighted by atomic mass is 16.2. The molecule has 1 aromatic rings. The summed E-state index contributed by atoms with van der Waals surface area (Å²) in [5.41, 5.74) is 3.10. The first-order chi connectivity index (χ1) is 11.2. The minimum atomic E-state index is -0.582. The predicted octanol–water partition coefficient (Wildman–Crippen LogP) is 3.96. The quantitative estimate of drug-likeness (QED) is 0.806. The Kier molecular flexibility index (Phi) is 5.68. The van der Waals surface area contributed by atoms with E-state index in [0.717, 1.165) is 36.8 Å². The SMILES string of the molecule is Cc1cccc(NC(=O)C(=O)NC2CCC(C(C)(C)C)CC2)c1C. The molecule has 132 valence electrons. The lowest BCUT2D eigenvalue weighted by Crippen LogP contribution is -2.44. The fraction of sp³-hybridized carbons (Fsp3) is 0.600. The van der Waals surface area contributed by atoms with Gasteiger partial charge in [0, 0.05) is 11.7 Å². The van der Waals surface area contributed by atoms with Crippen molar-refractivity contribution in [1.82, 2.24) is 5.32 Å². The van der Waals surface area contributed by atoms with E-state index in [2.05, 4.69) is 31.4 Å². The molecule has 0 unspecified atom stereocenters. The van der Waals surface area contributed by atoms with Gasteiger partial charge in [-0.1, -0.05) is 32.9 Å². The number of anilines is 1. The summed E-state index contributed by atoms with van der Waals surface area (Å²) in [7, 11) is 0. The molecule has 0 spiro atoms. The van der Waals surface area contributed by atoms with Crippen molar-refractivity contribution in [3.05, 3.63) is 29.3 Å². The second kappa shape index (κ2) is 7.37. The van der Waals surface area contributed by atoms with Crippen molar-refractivity contribution >= 4 is 17.5 Å². The number of nitrogens with one attached hydrogen (secondary N) is 2. The molecular formula is C20H30N2O2. The Morgan fingerprint density at radius 3 is 2.21 bits per heavy atom. The number of carbonyl (C=O) groups is 2. The largest absolute Gasteiger partial charge is 0.345 e. The van der Waals surface area contributed by atoms with Gasteiger partial charge in [0.1, 0.15) is 0 Å². The number of hydrogen-bond donors (Lipinski definition) is 2. The molecule has 1 aromatic carbocycles. The number of rotatable bonds is 2. The second-order valence-corrected chi connectivity index (χ2v) is 8.09. The predicted molar refractivity (Wildman–Crippen MR) is 97.9 cm³/mol. The summed E-state index contributed by atoms with van der Waals surface area (Å²) in [5.74, 6) is -0.425. The van der Waals surface area contributed by atoms with Gasteiger partial charge in [0.25, 0.3) is 0 Å². The van der Waals surface area contributed by atoms with Crippen LogP contribution in [-0.4, -0.2) is 17.9 Å². The molecule has 1 aliphatic carbocycles. The second-order valence-electron chi connectivity index (χ2n) is 8.09. The zero-order valence-corrected chi connectivity index (χ0v) is 15.5. The van der Waals surface area contributed by atoms with Crippen LogP contribution in [-0.2, 0) is 9.59 Å². The van der Waals surface area contributed by atoms with E-state index in [9.17, 15) is 9.59 Å². The smallest absolute Gasteiger partial charge is 0.313 e. The molecule has 24 heavy (non-hydrogen) atoms. The molecule has 1 aliphatic rings. The Balaban J connectivity index is 1.87. The third-order valence-electron chi connectivity index (χ3n) is 5.35. The third kappa shape index (κ3) is 4.59. The van der Waals surface area contributed by atoms with Crippen LogP contribution in [0.25, 0.3) is 0 Å². The fourth-order valence-corrected chi connectivity index (χ4v) is 3.42. The monoisotopic (exact) mass is 330 g/mol. The first kappa shape index (κ1) is 18.5. The molecule has 2 rings (SSSR count). The first-order valence-corrected chi connectivity index (χ1v) is 8.86. The molecule has 2 amide bonds. The average molecular weight is 330 g/mol. The van der Waals surface area contributed by atoms with E-state index < -0.39 is 11.8 Å². The van der Waals surface area contributed by atoms with Gasteiger partial charge in [-0.2, -0.15) is 0 Å². The van der Waals surface area contributed by atoms with E-state index in [1.165, 1.54) is 0 Å². The van der Waals surface area contributed by atoms with Crippen molar-refractivity contribution in [3.63, 3.8) is 0 Å². The molecule has 0 bridgehead atoms. The number of benzene rings is 1. The number of aryl methyl sites for hydroxylation is 1. The van der Waals surface area contributed by atoms with E-state index in [4.69, 9.17) is 0 Å². The maximum atomic E-state index is 12.2. The normalized spacial score (nSPS) is 21.2. The van der Waals surface area contributed by atoms with E-state index in [-0.39, 0.29) is 6.04 Å². The van der Waals surface area contributed by atoms with Gasteiger partial charge in [0.15, 0.2) is 0 Å². The van der Waals surface area contributed by atoms with Crippen molar-refractivity contribution in [2.75, 3.05) is 5.32 Å². The average Bonchev–Trinajstić information content (AvgIpc) is 2.51.